The SMILES string of the molecule is O=C(Cc1cccc(O)c1)NCc1cc(C#CCO)cs1. The number of rotatable bonds is 4. The van der Waals surface area contributed by atoms with Gasteiger partial charge in [0.15, 0.2) is 0 Å². The fourth-order valence-corrected chi connectivity index (χ4v) is 2.54. The molecule has 0 aliphatic heterocycles. The second kappa shape index (κ2) is 7.48. The summed E-state index contributed by atoms with van der Waals surface area (Å²) in [6.45, 7) is 0.287. The first kappa shape index (κ1) is 15.1. The van der Waals surface area contributed by atoms with Crippen LogP contribution in [-0.2, 0) is 17.8 Å². The van der Waals surface area contributed by atoms with Crippen molar-refractivity contribution in [1.82, 2.24) is 5.32 Å². The van der Waals surface area contributed by atoms with E-state index in [2.05, 4.69) is 17.2 Å². The second-order valence-electron chi connectivity index (χ2n) is 4.38. The average molecular weight is 301 g/mol. The zero-order valence-electron chi connectivity index (χ0n) is 11.3. The molecule has 3 N–H and O–H groups in total. The molecule has 0 atom stereocenters. The largest absolute Gasteiger partial charge is 0.508 e. The Morgan fingerprint density at radius 1 is 1.33 bits per heavy atom. The number of carbonyl (C=O) groups is 1. The highest BCUT2D eigenvalue weighted by Crippen LogP contribution is 2.14. The normalized spacial score (nSPS) is 9.76. The predicted molar refractivity (Wildman–Crippen MR) is 81.9 cm³/mol. The highest BCUT2D eigenvalue weighted by atomic mass is 32.1. The smallest absolute Gasteiger partial charge is 0.224 e. The molecule has 21 heavy (non-hydrogen) atoms. The van der Waals surface area contributed by atoms with Crippen molar-refractivity contribution in [2.75, 3.05) is 6.61 Å². The Hall–Kier alpha value is -2.29. The highest BCUT2D eigenvalue weighted by molar-refractivity contribution is 7.10. The van der Waals surface area contributed by atoms with Gasteiger partial charge in [-0.2, -0.15) is 0 Å². The summed E-state index contributed by atoms with van der Waals surface area (Å²) >= 11 is 1.51. The first-order chi connectivity index (χ1) is 10.2. The molecular weight excluding hydrogens is 286 g/mol. The van der Waals surface area contributed by atoms with Gasteiger partial charge in [-0.15, -0.1) is 11.3 Å². The Bertz CT molecular complexity index is 682. The van der Waals surface area contributed by atoms with Gasteiger partial charge in [0.2, 0.25) is 5.91 Å². The number of amides is 1. The first-order valence-corrected chi connectivity index (χ1v) is 7.27. The van der Waals surface area contributed by atoms with E-state index >= 15 is 0 Å². The molecule has 0 unspecified atom stereocenters. The van der Waals surface area contributed by atoms with Crippen molar-refractivity contribution in [3.63, 3.8) is 0 Å². The van der Waals surface area contributed by atoms with Gasteiger partial charge in [-0.1, -0.05) is 24.0 Å². The van der Waals surface area contributed by atoms with Crippen LogP contribution in [0.25, 0.3) is 0 Å². The zero-order chi connectivity index (χ0) is 15.1. The molecular formula is C16H15NO3S. The minimum atomic E-state index is -0.161. The van der Waals surface area contributed by atoms with Crippen LogP contribution in [0.2, 0.25) is 0 Å². The number of carbonyl (C=O) groups excluding carboxylic acids is 1. The van der Waals surface area contributed by atoms with E-state index in [9.17, 15) is 9.90 Å². The molecule has 0 aliphatic rings. The lowest BCUT2D eigenvalue weighted by Crippen LogP contribution is -2.24. The van der Waals surface area contributed by atoms with E-state index in [4.69, 9.17) is 5.11 Å². The highest BCUT2D eigenvalue weighted by Gasteiger charge is 2.05. The van der Waals surface area contributed by atoms with Crippen LogP contribution in [0, 0.1) is 11.8 Å². The molecule has 2 aromatic rings. The molecule has 0 saturated heterocycles. The van der Waals surface area contributed by atoms with E-state index in [1.807, 2.05) is 11.4 Å². The summed E-state index contributed by atoms with van der Waals surface area (Å²) in [6.07, 6.45) is 0.233. The van der Waals surface area contributed by atoms with E-state index in [1.165, 1.54) is 11.3 Å². The molecule has 1 amide bonds. The molecule has 0 radical (unpaired) electrons. The number of phenols is 1. The molecule has 0 bridgehead atoms. The van der Waals surface area contributed by atoms with Crippen molar-refractivity contribution in [2.45, 2.75) is 13.0 Å². The van der Waals surface area contributed by atoms with Crippen molar-refractivity contribution in [2.24, 2.45) is 0 Å². The topological polar surface area (TPSA) is 69.6 Å². The minimum Gasteiger partial charge on any atom is -0.508 e. The van der Waals surface area contributed by atoms with Crippen LogP contribution in [0.4, 0.5) is 0 Å². The summed E-state index contributed by atoms with van der Waals surface area (Å²) in [6, 6.07) is 8.55. The van der Waals surface area contributed by atoms with Crippen LogP contribution in [0.5, 0.6) is 5.75 Å². The summed E-state index contributed by atoms with van der Waals surface area (Å²) in [4.78, 5) is 12.8. The Morgan fingerprint density at radius 2 is 2.19 bits per heavy atom. The zero-order valence-corrected chi connectivity index (χ0v) is 12.1. The molecule has 0 aliphatic carbocycles. The van der Waals surface area contributed by atoms with Crippen LogP contribution >= 0.6 is 11.3 Å². The number of hydrogen-bond donors (Lipinski definition) is 3. The molecule has 1 heterocycles. The van der Waals surface area contributed by atoms with Gasteiger partial charge in [-0.25, -0.2) is 0 Å². The number of phenolic OH excluding ortho intramolecular Hbond substituents is 1. The van der Waals surface area contributed by atoms with Crippen molar-refractivity contribution >= 4 is 17.2 Å². The Balaban J connectivity index is 1.85. The minimum absolute atomic E-state index is 0.100. The van der Waals surface area contributed by atoms with Crippen LogP contribution in [0.3, 0.4) is 0 Å². The van der Waals surface area contributed by atoms with Gasteiger partial charge < -0.3 is 15.5 Å². The lowest BCUT2D eigenvalue weighted by Gasteiger charge is -2.04. The fourth-order valence-electron chi connectivity index (χ4n) is 1.78. The van der Waals surface area contributed by atoms with E-state index in [1.54, 1.807) is 24.3 Å². The third-order valence-corrected chi connectivity index (χ3v) is 3.64. The third kappa shape index (κ3) is 4.95. The van der Waals surface area contributed by atoms with Gasteiger partial charge >= 0.3 is 0 Å². The van der Waals surface area contributed by atoms with Crippen molar-refractivity contribution < 1.29 is 15.0 Å². The lowest BCUT2D eigenvalue weighted by atomic mass is 10.1. The Labute approximate surface area is 127 Å². The quantitative estimate of drug-likeness (QED) is 0.752. The van der Waals surface area contributed by atoms with Gasteiger partial charge in [-0.05, 0) is 23.8 Å². The maximum Gasteiger partial charge on any atom is 0.224 e. The van der Waals surface area contributed by atoms with Crippen LogP contribution < -0.4 is 5.32 Å². The Kier molecular flexibility index (Phi) is 5.38. The monoisotopic (exact) mass is 301 g/mol. The summed E-state index contributed by atoms with van der Waals surface area (Å²) in [5.41, 5.74) is 1.61. The second-order valence-corrected chi connectivity index (χ2v) is 5.38. The number of aliphatic hydroxyl groups is 1. The summed E-state index contributed by atoms with van der Waals surface area (Å²) < 4.78 is 0. The molecule has 1 aromatic heterocycles. The Morgan fingerprint density at radius 3 is 2.95 bits per heavy atom. The fraction of sp³-hybridized carbons (Fsp3) is 0.188. The van der Waals surface area contributed by atoms with Crippen LogP contribution in [0.15, 0.2) is 35.7 Å². The van der Waals surface area contributed by atoms with E-state index < -0.39 is 0 Å². The number of aromatic hydroxyl groups is 1. The number of aliphatic hydroxyl groups excluding tert-OH is 1. The van der Waals surface area contributed by atoms with E-state index in [-0.39, 0.29) is 24.7 Å². The summed E-state index contributed by atoms with van der Waals surface area (Å²) in [5, 5.41) is 22.7. The van der Waals surface area contributed by atoms with Gasteiger partial charge in [0, 0.05) is 15.8 Å². The molecule has 4 nitrogen and oxygen atoms in total. The van der Waals surface area contributed by atoms with E-state index in [0.717, 1.165) is 16.0 Å². The average Bonchev–Trinajstić information content (AvgIpc) is 2.91. The lowest BCUT2D eigenvalue weighted by molar-refractivity contribution is -0.120. The van der Waals surface area contributed by atoms with Gasteiger partial charge in [-0.3, -0.25) is 4.79 Å². The first-order valence-electron chi connectivity index (χ1n) is 6.39. The maximum atomic E-state index is 11.8. The van der Waals surface area contributed by atoms with Crippen LogP contribution in [0.1, 0.15) is 16.0 Å². The van der Waals surface area contributed by atoms with Crippen LogP contribution in [-0.4, -0.2) is 22.7 Å². The molecule has 108 valence electrons. The number of hydrogen-bond acceptors (Lipinski definition) is 4. The van der Waals surface area contributed by atoms with Crippen molar-refractivity contribution in [3.8, 4) is 17.6 Å². The summed E-state index contributed by atoms with van der Waals surface area (Å²) in [7, 11) is 0. The molecule has 1 aromatic carbocycles. The number of benzene rings is 1. The van der Waals surface area contributed by atoms with Gasteiger partial charge in [0.1, 0.15) is 12.4 Å². The predicted octanol–water partition coefficient (Wildman–Crippen LogP) is 1.66. The molecule has 0 spiro atoms. The third-order valence-electron chi connectivity index (χ3n) is 2.70. The van der Waals surface area contributed by atoms with Crippen molar-refractivity contribution in [1.29, 1.82) is 0 Å². The number of thiophene rings is 1. The maximum absolute atomic E-state index is 11.8. The van der Waals surface area contributed by atoms with Gasteiger partial charge in [0.25, 0.3) is 0 Å². The molecule has 2 rings (SSSR count). The standard InChI is InChI=1S/C16H15NO3S/c18-6-2-4-13-8-15(21-11-13)10-17-16(20)9-12-3-1-5-14(19)7-12/h1,3,5,7-8,11,18-19H,6,9-10H2,(H,17,20). The molecule has 0 saturated carbocycles. The molecule has 0 fully saturated rings. The molecule has 5 heteroatoms. The number of nitrogens with one attached hydrogen (secondary N) is 1. The van der Waals surface area contributed by atoms with Gasteiger partial charge in [0.05, 0.1) is 13.0 Å². The summed E-state index contributed by atoms with van der Waals surface area (Å²) in [5.74, 6) is 5.46. The van der Waals surface area contributed by atoms with Crippen molar-refractivity contribution in [3.05, 3.63) is 51.7 Å². The van der Waals surface area contributed by atoms with E-state index in [0.29, 0.717) is 6.54 Å².